The molecule has 0 radical (unpaired) electrons. The van der Waals surface area contributed by atoms with Crippen molar-refractivity contribution in [3.8, 4) is 0 Å². The molecule has 1 aromatic carbocycles. The summed E-state index contributed by atoms with van der Waals surface area (Å²) in [5, 5.41) is 4.61. The van der Waals surface area contributed by atoms with Crippen LogP contribution in [0.4, 0.5) is 4.39 Å². The molecule has 3 nitrogen and oxygen atoms in total. The number of primary sulfonamides is 1. The lowest BCUT2D eigenvalue weighted by atomic mass is 10.2. The van der Waals surface area contributed by atoms with E-state index in [0.29, 0.717) is 5.56 Å². The topological polar surface area (TPSA) is 60.2 Å². The fraction of sp³-hybridized carbons (Fsp3) is 0.143. The average Bonchev–Trinajstić information content (AvgIpc) is 1.95. The number of benzene rings is 1. The minimum Gasteiger partial charge on any atom is -0.224 e. The Balaban J connectivity index is 3.62. The van der Waals surface area contributed by atoms with Crippen molar-refractivity contribution in [3.63, 3.8) is 0 Å². The maximum atomic E-state index is 13.0. The number of halogens is 2. The molecular weight excluding hydrogens is 217 g/mol. The Hall–Kier alpha value is -0.650. The number of nitrogens with two attached hydrogens (primary N) is 1. The van der Waals surface area contributed by atoms with Gasteiger partial charge >= 0.3 is 0 Å². The third-order valence-electron chi connectivity index (χ3n) is 1.53. The zero-order valence-electron chi connectivity index (χ0n) is 6.71. The Morgan fingerprint density at radius 2 is 2.00 bits per heavy atom. The van der Waals surface area contributed by atoms with Crippen molar-refractivity contribution in [2.75, 3.05) is 0 Å². The SMILES string of the molecule is Cc1ccc(F)c(S(N)(=O)=O)c1Cl. The molecule has 0 saturated carbocycles. The molecule has 13 heavy (non-hydrogen) atoms. The van der Waals surface area contributed by atoms with E-state index in [9.17, 15) is 12.8 Å². The lowest BCUT2D eigenvalue weighted by Crippen LogP contribution is -2.15. The van der Waals surface area contributed by atoms with Crippen LogP contribution in [0.15, 0.2) is 17.0 Å². The fourth-order valence-corrected chi connectivity index (χ4v) is 2.12. The highest BCUT2D eigenvalue weighted by Gasteiger charge is 2.19. The predicted molar refractivity (Wildman–Crippen MR) is 47.5 cm³/mol. The van der Waals surface area contributed by atoms with E-state index < -0.39 is 20.7 Å². The Morgan fingerprint density at radius 3 is 2.38 bits per heavy atom. The summed E-state index contributed by atoms with van der Waals surface area (Å²) in [6.07, 6.45) is 0. The number of rotatable bonds is 1. The lowest BCUT2D eigenvalue weighted by Gasteiger charge is -2.05. The molecule has 0 aliphatic carbocycles. The second kappa shape index (κ2) is 3.25. The highest BCUT2D eigenvalue weighted by molar-refractivity contribution is 7.89. The molecule has 6 heteroatoms. The number of hydrogen-bond donors (Lipinski definition) is 1. The van der Waals surface area contributed by atoms with Crippen LogP contribution in [0.1, 0.15) is 5.56 Å². The average molecular weight is 224 g/mol. The van der Waals surface area contributed by atoms with Crippen molar-refractivity contribution >= 4 is 21.6 Å². The maximum Gasteiger partial charge on any atom is 0.242 e. The van der Waals surface area contributed by atoms with E-state index in [1.54, 1.807) is 6.92 Å². The zero-order chi connectivity index (χ0) is 10.2. The van der Waals surface area contributed by atoms with Crippen molar-refractivity contribution in [2.24, 2.45) is 5.14 Å². The van der Waals surface area contributed by atoms with E-state index >= 15 is 0 Å². The first-order valence-corrected chi connectivity index (χ1v) is 5.24. The summed E-state index contributed by atoms with van der Waals surface area (Å²) >= 11 is 5.58. The van der Waals surface area contributed by atoms with Crippen LogP contribution in [-0.4, -0.2) is 8.42 Å². The molecule has 1 aromatic rings. The molecule has 0 heterocycles. The van der Waals surface area contributed by atoms with Crippen molar-refractivity contribution in [2.45, 2.75) is 11.8 Å². The van der Waals surface area contributed by atoms with Gasteiger partial charge in [-0.2, -0.15) is 0 Å². The van der Waals surface area contributed by atoms with Crippen LogP contribution in [0.3, 0.4) is 0 Å². The van der Waals surface area contributed by atoms with Crippen molar-refractivity contribution in [1.29, 1.82) is 0 Å². The molecule has 1 rings (SSSR count). The normalized spacial score (nSPS) is 11.7. The van der Waals surface area contributed by atoms with Crippen LogP contribution in [0.5, 0.6) is 0 Å². The minimum atomic E-state index is -4.09. The number of aryl methyl sites for hydroxylation is 1. The van der Waals surface area contributed by atoms with Gasteiger partial charge in [0.1, 0.15) is 10.7 Å². The summed E-state index contributed by atoms with van der Waals surface area (Å²) in [6, 6.07) is 2.40. The van der Waals surface area contributed by atoms with Crippen LogP contribution >= 0.6 is 11.6 Å². The van der Waals surface area contributed by atoms with Gasteiger partial charge in [0.05, 0.1) is 5.02 Å². The second-order valence-electron chi connectivity index (χ2n) is 2.55. The molecule has 2 N–H and O–H groups in total. The Bertz CT molecular complexity index is 444. The molecular formula is C7H7ClFNO2S. The third-order valence-corrected chi connectivity index (χ3v) is 3.09. The first kappa shape index (κ1) is 10.4. The van der Waals surface area contributed by atoms with E-state index in [1.807, 2.05) is 0 Å². The molecule has 0 aromatic heterocycles. The molecule has 0 spiro atoms. The van der Waals surface area contributed by atoms with Gasteiger partial charge in [-0.3, -0.25) is 0 Å². The van der Waals surface area contributed by atoms with E-state index in [1.165, 1.54) is 6.07 Å². The molecule has 72 valence electrons. The lowest BCUT2D eigenvalue weighted by molar-refractivity contribution is 0.567. The van der Waals surface area contributed by atoms with Gasteiger partial charge in [0.25, 0.3) is 0 Å². The van der Waals surface area contributed by atoms with Crippen molar-refractivity contribution in [1.82, 2.24) is 0 Å². The van der Waals surface area contributed by atoms with Gasteiger partial charge in [0.15, 0.2) is 0 Å². The maximum absolute atomic E-state index is 13.0. The molecule has 0 amide bonds. The van der Waals surface area contributed by atoms with E-state index in [0.717, 1.165) is 6.07 Å². The fourth-order valence-electron chi connectivity index (χ4n) is 0.892. The Morgan fingerprint density at radius 1 is 1.46 bits per heavy atom. The highest BCUT2D eigenvalue weighted by Crippen LogP contribution is 2.26. The van der Waals surface area contributed by atoms with Gasteiger partial charge < -0.3 is 0 Å². The Labute approximate surface area is 80.4 Å². The van der Waals surface area contributed by atoms with Crippen LogP contribution in [0, 0.1) is 12.7 Å². The third kappa shape index (κ3) is 1.99. The van der Waals surface area contributed by atoms with Crippen molar-refractivity contribution in [3.05, 3.63) is 28.5 Å². The van der Waals surface area contributed by atoms with Gasteiger partial charge in [-0.15, -0.1) is 0 Å². The summed E-state index contributed by atoms with van der Waals surface area (Å²) in [6.45, 7) is 1.57. The van der Waals surface area contributed by atoms with Crippen LogP contribution in [0.25, 0.3) is 0 Å². The second-order valence-corrected chi connectivity index (χ2v) is 4.43. The van der Waals surface area contributed by atoms with Crippen LogP contribution in [-0.2, 0) is 10.0 Å². The first-order chi connectivity index (χ1) is 5.84. The summed E-state index contributed by atoms with van der Waals surface area (Å²) in [4.78, 5) is -0.644. The van der Waals surface area contributed by atoms with Crippen molar-refractivity contribution < 1.29 is 12.8 Å². The van der Waals surface area contributed by atoms with E-state index in [-0.39, 0.29) is 5.02 Å². The van der Waals surface area contributed by atoms with E-state index in [2.05, 4.69) is 0 Å². The number of sulfonamides is 1. The zero-order valence-corrected chi connectivity index (χ0v) is 8.29. The van der Waals surface area contributed by atoms with Gasteiger partial charge in [-0.05, 0) is 18.6 Å². The number of hydrogen-bond acceptors (Lipinski definition) is 2. The molecule has 0 unspecified atom stereocenters. The summed E-state index contributed by atoms with van der Waals surface area (Å²) in [5.41, 5.74) is 0.465. The van der Waals surface area contributed by atoms with E-state index in [4.69, 9.17) is 16.7 Å². The molecule has 0 aliphatic heterocycles. The predicted octanol–water partition coefficient (Wildman–Crippen LogP) is 1.43. The van der Waals surface area contributed by atoms with Crippen LogP contribution < -0.4 is 5.14 Å². The summed E-state index contributed by atoms with van der Waals surface area (Å²) in [7, 11) is -4.09. The standard InChI is InChI=1S/C7H7ClFNO2S/c1-4-2-3-5(9)7(6(4)8)13(10,11)12/h2-3H,1H3,(H2,10,11,12). The molecule has 0 aliphatic rings. The monoisotopic (exact) mass is 223 g/mol. The first-order valence-electron chi connectivity index (χ1n) is 3.31. The largest absolute Gasteiger partial charge is 0.242 e. The molecule has 0 atom stereocenters. The smallest absolute Gasteiger partial charge is 0.224 e. The highest BCUT2D eigenvalue weighted by atomic mass is 35.5. The van der Waals surface area contributed by atoms with Gasteiger partial charge in [-0.1, -0.05) is 17.7 Å². The van der Waals surface area contributed by atoms with Gasteiger partial charge in [-0.25, -0.2) is 17.9 Å². The quantitative estimate of drug-likeness (QED) is 0.783. The Kier molecular flexibility index (Phi) is 2.61. The summed E-state index contributed by atoms with van der Waals surface area (Å²) < 4.78 is 34.7. The molecule has 0 fully saturated rings. The summed E-state index contributed by atoms with van der Waals surface area (Å²) in [5.74, 6) is -0.932. The van der Waals surface area contributed by atoms with Gasteiger partial charge in [0.2, 0.25) is 10.0 Å². The molecule has 0 saturated heterocycles. The molecule has 0 bridgehead atoms. The van der Waals surface area contributed by atoms with Gasteiger partial charge in [0, 0.05) is 0 Å². The van der Waals surface area contributed by atoms with Crippen LogP contribution in [0.2, 0.25) is 5.02 Å². The minimum absolute atomic E-state index is 0.164.